The summed E-state index contributed by atoms with van der Waals surface area (Å²) in [5, 5.41) is 12.7. The van der Waals surface area contributed by atoms with Crippen LogP contribution in [0.3, 0.4) is 0 Å². The van der Waals surface area contributed by atoms with Gasteiger partial charge < -0.3 is 20.1 Å². The van der Waals surface area contributed by atoms with E-state index in [4.69, 9.17) is 4.74 Å². The van der Waals surface area contributed by atoms with Crippen molar-refractivity contribution in [2.45, 2.75) is 44.9 Å². The number of carbonyl (C=O) groups is 1. The molecule has 1 saturated heterocycles. The van der Waals surface area contributed by atoms with E-state index < -0.39 is 0 Å². The Balaban J connectivity index is 1.64. The van der Waals surface area contributed by atoms with Crippen molar-refractivity contribution >= 4 is 5.91 Å². The molecule has 0 atom stereocenters. The molecule has 134 valence electrons. The first-order valence-corrected chi connectivity index (χ1v) is 9.04. The fourth-order valence-corrected chi connectivity index (χ4v) is 3.12. The van der Waals surface area contributed by atoms with E-state index in [0.717, 1.165) is 25.2 Å². The van der Waals surface area contributed by atoms with Crippen molar-refractivity contribution < 1.29 is 14.6 Å². The maximum Gasteiger partial charge on any atom is 0.221 e. The first-order chi connectivity index (χ1) is 11.7. The molecule has 0 unspecified atom stereocenters. The molecule has 0 saturated carbocycles. The third kappa shape index (κ3) is 6.40. The number of hydrogen-bond acceptors (Lipinski definition) is 4. The average Bonchev–Trinajstić information content (AvgIpc) is 2.54. The number of amides is 1. The molecule has 5 heteroatoms. The molecule has 24 heavy (non-hydrogen) atoms. The summed E-state index contributed by atoms with van der Waals surface area (Å²) < 4.78 is 5.02. The number of phenols is 1. The summed E-state index contributed by atoms with van der Waals surface area (Å²) in [5.41, 5.74) is 0.984. The highest BCUT2D eigenvalue weighted by Gasteiger charge is 2.10. The fraction of sp³-hybridized carbons (Fsp3) is 0.632. The Hall–Kier alpha value is -1.75. The third-order valence-electron chi connectivity index (χ3n) is 4.58. The zero-order valence-electron chi connectivity index (χ0n) is 14.7. The van der Waals surface area contributed by atoms with E-state index in [2.05, 4.69) is 10.2 Å². The van der Waals surface area contributed by atoms with Crippen molar-refractivity contribution in [3.8, 4) is 11.5 Å². The van der Waals surface area contributed by atoms with Crippen LogP contribution in [-0.2, 0) is 11.2 Å². The molecule has 2 N–H and O–H groups in total. The highest BCUT2D eigenvalue weighted by molar-refractivity contribution is 5.76. The number of hydrogen-bond donors (Lipinski definition) is 2. The molecule has 1 amide bonds. The normalized spacial score (nSPS) is 16.2. The van der Waals surface area contributed by atoms with Crippen LogP contribution in [-0.4, -0.2) is 49.2 Å². The van der Waals surface area contributed by atoms with Crippen LogP contribution in [0.1, 0.15) is 44.1 Å². The Labute approximate surface area is 145 Å². The van der Waals surface area contributed by atoms with E-state index in [9.17, 15) is 9.90 Å². The van der Waals surface area contributed by atoms with Crippen LogP contribution in [0.15, 0.2) is 18.2 Å². The smallest absolute Gasteiger partial charge is 0.221 e. The highest BCUT2D eigenvalue weighted by atomic mass is 16.5. The topological polar surface area (TPSA) is 61.8 Å². The van der Waals surface area contributed by atoms with Gasteiger partial charge in [-0.25, -0.2) is 0 Å². The first-order valence-electron chi connectivity index (χ1n) is 9.04. The maximum absolute atomic E-state index is 12.0. The predicted molar refractivity (Wildman–Crippen MR) is 95.5 cm³/mol. The minimum Gasteiger partial charge on any atom is -0.504 e. The lowest BCUT2D eigenvalue weighted by atomic mass is 10.1. The monoisotopic (exact) mass is 334 g/mol. The standard InChI is InChI=1S/C19H30N2O3/c1-24-18-8-7-16(15-17(18)22)9-11-20-19(23)10-14-21-12-5-3-2-4-6-13-21/h7-8,15,22H,2-6,9-14H2,1H3,(H,20,23). The van der Waals surface area contributed by atoms with E-state index in [1.807, 2.05) is 6.07 Å². The van der Waals surface area contributed by atoms with Gasteiger partial charge in [0, 0.05) is 19.5 Å². The Kier molecular flexibility index (Phi) is 7.89. The zero-order chi connectivity index (χ0) is 17.2. The summed E-state index contributed by atoms with van der Waals surface area (Å²) in [6.07, 6.45) is 7.76. The summed E-state index contributed by atoms with van der Waals surface area (Å²) in [5.74, 6) is 0.712. The quantitative estimate of drug-likeness (QED) is 0.805. The second-order valence-corrected chi connectivity index (χ2v) is 6.47. The van der Waals surface area contributed by atoms with Crippen LogP contribution in [0.5, 0.6) is 11.5 Å². The number of ether oxygens (including phenoxy) is 1. The SMILES string of the molecule is COc1ccc(CCNC(=O)CCN2CCCCCCC2)cc1O. The molecule has 2 rings (SSSR count). The number of benzene rings is 1. The molecule has 1 fully saturated rings. The van der Waals surface area contributed by atoms with Crippen molar-refractivity contribution in [2.24, 2.45) is 0 Å². The van der Waals surface area contributed by atoms with Crippen molar-refractivity contribution in [2.75, 3.05) is 33.3 Å². The average molecular weight is 334 g/mol. The number of nitrogens with one attached hydrogen (secondary N) is 1. The molecule has 0 radical (unpaired) electrons. The number of phenolic OH excluding ortho intramolecular Hbond substituents is 1. The van der Waals surface area contributed by atoms with Crippen LogP contribution in [0.4, 0.5) is 0 Å². The lowest BCUT2D eigenvalue weighted by molar-refractivity contribution is -0.121. The summed E-state index contributed by atoms with van der Waals surface area (Å²) in [6, 6.07) is 5.34. The number of carbonyl (C=O) groups excluding carboxylic acids is 1. The van der Waals surface area contributed by atoms with Gasteiger partial charge in [0.05, 0.1) is 7.11 Å². The van der Waals surface area contributed by atoms with E-state index in [0.29, 0.717) is 25.1 Å². The van der Waals surface area contributed by atoms with Crippen LogP contribution >= 0.6 is 0 Å². The number of aromatic hydroxyl groups is 1. The summed E-state index contributed by atoms with van der Waals surface area (Å²) in [4.78, 5) is 14.4. The zero-order valence-corrected chi connectivity index (χ0v) is 14.7. The Bertz CT molecular complexity index is 511. The van der Waals surface area contributed by atoms with Crippen LogP contribution in [0.2, 0.25) is 0 Å². The predicted octanol–water partition coefficient (Wildman–Crippen LogP) is 2.72. The van der Waals surface area contributed by atoms with Gasteiger partial charge in [-0.3, -0.25) is 4.79 Å². The first kappa shape index (κ1) is 18.6. The Morgan fingerprint density at radius 1 is 1.21 bits per heavy atom. The van der Waals surface area contributed by atoms with Gasteiger partial charge in [0.1, 0.15) is 0 Å². The van der Waals surface area contributed by atoms with Gasteiger partial charge in [0.25, 0.3) is 0 Å². The van der Waals surface area contributed by atoms with Crippen molar-refractivity contribution in [1.82, 2.24) is 10.2 Å². The Morgan fingerprint density at radius 3 is 2.58 bits per heavy atom. The van der Waals surface area contributed by atoms with Crippen molar-refractivity contribution in [3.63, 3.8) is 0 Å². The van der Waals surface area contributed by atoms with E-state index in [1.54, 1.807) is 12.1 Å². The van der Waals surface area contributed by atoms with Crippen LogP contribution in [0.25, 0.3) is 0 Å². The van der Waals surface area contributed by atoms with Gasteiger partial charge in [-0.15, -0.1) is 0 Å². The lowest BCUT2D eigenvalue weighted by Crippen LogP contribution is -2.33. The molecule has 0 aromatic heterocycles. The minimum atomic E-state index is 0.106. The molecule has 0 spiro atoms. The number of methoxy groups -OCH3 is 1. The molecule has 1 aromatic rings. The molecule has 1 aromatic carbocycles. The third-order valence-corrected chi connectivity index (χ3v) is 4.58. The molecule has 5 nitrogen and oxygen atoms in total. The van der Waals surface area contributed by atoms with E-state index in [1.165, 1.54) is 39.2 Å². The van der Waals surface area contributed by atoms with Gasteiger partial charge in [-0.2, -0.15) is 0 Å². The number of likely N-dealkylation sites (tertiary alicyclic amines) is 1. The molecule has 1 heterocycles. The molecule has 1 aliphatic rings. The van der Waals surface area contributed by atoms with E-state index >= 15 is 0 Å². The minimum absolute atomic E-state index is 0.106. The Morgan fingerprint density at radius 2 is 1.92 bits per heavy atom. The molecule has 0 bridgehead atoms. The molecular weight excluding hydrogens is 304 g/mol. The highest BCUT2D eigenvalue weighted by Crippen LogP contribution is 2.26. The number of rotatable bonds is 7. The second kappa shape index (κ2) is 10.2. The molecule has 1 aliphatic heterocycles. The summed E-state index contributed by atoms with van der Waals surface area (Å²) >= 11 is 0. The molecular formula is C19H30N2O3. The van der Waals surface area contributed by atoms with Gasteiger partial charge >= 0.3 is 0 Å². The van der Waals surface area contributed by atoms with Crippen LogP contribution in [0, 0.1) is 0 Å². The maximum atomic E-state index is 12.0. The largest absolute Gasteiger partial charge is 0.504 e. The summed E-state index contributed by atoms with van der Waals surface area (Å²) in [6.45, 7) is 3.69. The number of nitrogens with zero attached hydrogens (tertiary/aromatic N) is 1. The summed E-state index contributed by atoms with van der Waals surface area (Å²) in [7, 11) is 1.53. The molecule has 0 aliphatic carbocycles. The van der Waals surface area contributed by atoms with Gasteiger partial charge in [-0.1, -0.05) is 25.3 Å². The van der Waals surface area contributed by atoms with Crippen molar-refractivity contribution in [1.29, 1.82) is 0 Å². The second-order valence-electron chi connectivity index (χ2n) is 6.47. The van der Waals surface area contributed by atoms with Gasteiger partial charge in [0.2, 0.25) is 5.91 Å². The van der Waals surface area contributed by atoms with Gasteiger partial charge in [0.15, 0.2) is 11.5 Å². The van der Waals surface area contributed by atoms with Crippen LogP contribution < -0.4 is 10.1 Å². The van der Waals surface area contributed by atoms with E-state index in [-0.39, 0.29) is 11.7 Å². The lowest BCUT2D eigenvalue weighted by Gasteiger charge is -2.24. The fourth-order valence-electron chi connectivity index (χ4n) is 3.12. The van der Waals surface area contributed by atoms with Gasteiger partial charge in [-0.05, 0) is 50.0 Å². The van der Waals surface area contributed by atoms with Crippen molar-refractivity contribution in [3.05, 3.63) is 23.8 Å².